The third kappa shape index (κ3) is 1.62. The van der Waals surface area contributed by atoms with Gasteiger partial charge in [0.1, 0.15) is 0 Å². The van der Waals surface area contributed by atoms with Gasteiger partial charge in [0.05, 0.1) is 5.56 Å². The highest BCUT2D eigenvalue weighted by molar-refractivity contribution is 5.96. The fourth-order valence-electron chi connectivity index (χ4n) is 0.995. The van der Waals surface area contributed by atoms with Gasteiger partial charge in [-0.25, -0.2) is 17.6 Å². The van der Waals surface area contributed by atoms with Crippen LogP contribution < -0.4 is 0 Å². The molecule has 0 aliphatic rings. The van der Waals surface area contributed by atoms with Crippen LogP contribution in [0.1, 0.15) is 23.7 Å². The second kappa shape index (κ2) is 3.77. The van der Waals surface area contributed by atoms with Crippen molar-refractivity contribution in [1.82, 2.24) is 0 Å². The van der Waals surface area contributed by atoms with Crippen LogP contribution >= 0.6 is 0 Å². The van der Waals surface area contributed by atoms with Gasteiger partial charge in [0.2, 0.25) is 0 Å². The van der Waals surface area contributed by atoms with E-state index in [-0.39, 0.29) is 12.5 Å². The number of benzene rings is 1. The van der Waals surface area contributed by atoms with Gasteiger partial charge in [-0.15, -0.1) is 0 Å². The minimum Gasteiger partial charge on any atom is -0.294 e. The quantitative estimate of drug-likeness (QED) is 0.413. The fraction of sp³-hybridized carbons (Fsp3) is 0.222. The average molecular weight is 206 g/mol. The molecule has 0 radical (unpaired) electrons. The molecule has 76 valence electrons. The molecule has 0 aliphatic heterocycles. The highest BCUT2D eigenvalue weighted by atomic mass is 19.2. The van der Waals surface area contributed by atoms with Crippen molar-refractivity contribution in [1.29, 1.82) is 0 Å². The molecule has 0 aromatic heterocycles. The molecule has 1 rings (SSSR count). The van der Waals surface area contributed by atoms with Gasteiger partial charge in [0.15, 0.2) is 29.1 Å². The molecule has 0 bridgehead atoms. The first-order valence-corrected chi connectivity index (χ1v) is 3.85. The lowest BCUT2D eigenvalue weighted by Crippen LogP contribution is -2.08. The molecule has 0 amide bonds. The van der Waals surface area contributed by atoms with E-state index >= 15 is 0 Å². The summed E-state index contributed by atoms with van der Waals surface area (Å²) in [5.41, 5.74) is -1.15. The molecule has 0 aliphatic carbocycles. The number of carbonyl (C=O) groups is 1. The number of hydrogen-bond donors (Lipinski definition) is 0. The number of rotatable bonds is 2. The van der Waals surface area contributed by atoms with E-state index in [2.05, 4.69) is 0 Å². The molecular formula is C9H6F4O. The van der Waals surface area contributed by atoms with Crippen LogP contribution in [0.25, 0.3) is 0 Å². The van der Waals surface area contributed by atoms with Crippen LogP contribution in [0.4, 0.5) is 17.6 Å². The Kier molecular flexibility index (Phi) is 2.88. The molecular weight excluding hydrogens is 200 g/mol. The summed E-state index contributed by atoms with van der Waals surface area (Å²) in [5, 5.41) is 0. The monoisotopic (exact) mass is 206 g/mol. The largest absolute Gasteiger partial charge is 0.294 e. The minimum absolute atomic E-state index is 0.0666. The van der Waals surface area contributed by atoms with E-state index in [0.717, 1.165) is 0 Å². The molecule has 1 aromatic rings. The summed E-state index contributed by atoms with van der Waals surface area (Å²) in [6, 6.07) is 0.0666. The van der Waals surface area contributed by atoms with Crippen LogP contribution in [0.15, 0.2) is 6.07 Å². The first-order valence-electron chi connectivity index (χ1n) is 3.85. The van der Waals surface area contributed by atoms with E-state index in [1.165, 1.54) is 6.92 Å². The summed E-state index contributed by atoms with van der Waals surface area (Å²) < 4.78 is 50.9. The minimum atomic E-state index is -1.64. The summed E-state index contributed by atoms with van der Waals surface area (Å²) in [6.45, 7) is 1.34. The van der Waals surface area contributed by atoms with Gasteiger partial charge in [-0.05, 0) is 0 Å². The Morgan fingerprint density at radius 3 is 1.93 bits per heavy atom. The van der Waals surface area contributed by atoms with E-state index in [9.17, 15) is 22.4 Å². The van der Waals surface area contributed by atoms with Crippen molar-refractivity contribution in [3.05, 3.63) is 34.9 Å². The van der Waals surface area contributed by atoms with E-state index in [0.29, 0.717) is 0 Å². The average Bonchev–Trinajstić information content (AvgIpc) is 2.15. The standard InChI is InChI=1S/C9H6F4O/c1-2-6(14)7-8(12)4(10)3-5(11)9(7)13/h3H,2H2,1H3. The van der Waals surface area contributed by atoms with Crippen molar-refractivity contribution >= 4 is 5.78 Å². The second-order valence-corrected chi connectivity index (χ2v) is 2.62. The van der Waals surface area contributed by atoms with Crippen molar-refractivity contribution in [2.75, 3.05) is 0 Å². The molecule has 0 fully saturated rings. The Morgan fingerprint density at radius 2 is 1.57 bits per heavy atom. The van der Waals surface area contributed by atoms with Crippen molar-refractivity contribution in [2.45, 2.75) is 13.3 Å². The summed E-state index contributed by atoms with van der Waals surface area (Å²) >= 11 is 0. The maximum atomic E-state index is 12.9. The highest BCUT2D eigenvalue weighted by Gasteiger charge is 2.23. The Bertz CT molecular complexity index is 361. The second-order valence-electron chi connectivity index (χ2n) is 2.62. The maximum absolute atomic E-state index is 12.9. The van der Waals surface area contributed by atoms with Crippen LogP contribution in [0.3, 0.4) is 0 Å². The molecule has 5 heteroatoms. The molecule has 1 nitrogen and oxygen atoms in total. The first kappa shape index (κ1) is 10.7. The number of carbonyl (C=O) groups excluding carboxylic acids is 1. The molecule has 0 atom stereocenters. The molecule has 0 saturated carbocycles. The lowest BCUT2D eigenvalue weighted by Gasteiger charge is -2.03. The zero-order valence-electron chi connectivity index (χ0n) is 7.20. The lowest BCUT2D eigenvalue weighted by atomic mass is 10.1. The van der Waals surface area contributed by atoms with Gasteiger partial charge in [-0.1, -0.05) is 6.92 Å². The summed E-state index contributed by atoms with van der Waals surface area (Å²) in [4.78, 5) is 10.9. The molecule has 0 heterocycles. The van der Waals surface area contributed by atoms with E-state index in [4.69, 9.17) is 0 Å². The Labute approximate surface area is 77.3 Å². The molecule has 0 saturated heterocycles. The fourth-order valence-corrected chi connectivity index (χ4v) is 0.995. The van der Waals surface area contributed by atoms with Crippen molar-refractivity contribution in [2.24, 2.45) is 0 Å². The van der Waals surface area contributed by atoms with E-state index in [1.54, 1.807) is 0 Å². The normalized spacial score (nSPS) is 10.4. The number of ketones is 1. The van der Waals surface area contributed by atoms with Gasteiger partial charge < -0.3 is 0 Å². The van der Waals surface area contributed by atoms with Gasteiger partial charge in [0.25, 0.3) is 0 Å². The number of halogens is 4. The van der Waals surface area contributed by atoms with Crippen LogP contribution in [0.2, 0.25) is 0 Å². The Morgan fingerprint density at radius 1 is 1.14 bits per heavy atom. The molecule has 1 aromatic carbocycles. The Hall–Kier alpha value is -1.39. The first-order chi connectivity index (χ1) is 6.49. The van der Waals surface area contributed by atoms with Crippen LogP contribution in [0, 0.1) is 23.3 Å². The lowest BCUT2D eigenvalue weighted by molar-refractivity contribution is 0.0977. The highest BCUT2D eigenvalue weighted by Crippen LogP contribution is 2.20. The topological polar surface area (TPSA) is 17.1 Å². The summed E-state index contributed by atoms with van der Waals surface area (Å²) in [7, 11) is 0. The summed E-state index contributed by atoms with van der Waals surface area (Å²) in [5.74, 6) is -7.40. The van der Waals surface area contributed by atoms with Crippen LogP contribution in [-0.4, -0.2) is 5.78 Å². The van der Waals surface area contributed by atoms with Gasteiger partial charge in [0, 0.05) is 12.5 Å². The van der Waals surface area contributed by atoms with Crippen LogP contribution in [0.5, 0.6) is 0 Å². The Balaban J connectivity index is 3.47. The molecule has 0 unspecified atom stereocenters. The van der Waals surface area contributed by atoms with Gasteiger partial charge in [-0.3, -0.25) is 4.79 Å². The van der Waals surface area contributed by atoms with Crippen LogP contribution in [-0.2, 0) is 0 Å². The molecule has 14 heavy (non-hydrogen) atoms. The third-order valence-corrected chi connectivity index (χ3v) is 1.71. The van der Waals surface area contributed by atoms with Gasteiger partial charge >= 0.3 is 0 Å². The van der Waals surface area contributed by atoms with E-state index in [1.807, 2.05) is 0 Å². The zero-order chi connectivity index (χ0) is 10.9. The number of Topliss-reactive ketones (excluding diaryl/α,β-unsaturated/α-hetero) is 1. The molecule has 0 spiro atoms. The van der Waals surface area contributed by atoms with Gasteiger partial charge in [-0.2, -0.15) is 0 Å². The molecule has 0 N–H and O–H groups in total. The maximum Gasteiger partial charge on any atom is 0.172 e. The third-order valence-electron chi connectivity index (χ3n) is 1.71. The van der Waals surface area contributed by atoms with Crippen molar-refractivity contribution < 1.29 is 22.4 Å². The smallest absolute Gasteiger partial charge is 0.172 e. The predicted octanol–water partition coefficient (Wildman–Crippen LogP) is 2.84. The zero-order valence-corrected chi connectivity index (χ0v) is 7.20. The number of hydrogen-bond acceptors (Lipinski definition) is 1. The predicted molar refractivity (Wildman–Crippen MR) is 40.9 cm³/mol. The van der Waals surface area contributed by atoms with Crippen molar-refractivity contribution in [3.63, 3.8) is 0 Å². The van der Waals surface area contributed by atoms with E-state index < -0.39 is 34.6 Å². The van der Waals surface area contributed by atoms with Crippen molar-refractivity contribution in [3.8, 4) is 0 Å². The summed E-state index contributed by atoms with van der Waals surface area (Å²) in [6.07, 6.45) is -0.225. The SMILES string of the molecule is CCC(=O)c1c(F)c(F)cc(F)c1F.